The third-order valence-corrected chi connectivity index (χ3v) is 3.93. The second kappa shape index (κ2) is 6.22. The zero-order valence-electron chi connectivity index (χ0n) is 11.2. The smallest absolute Gasteiger partial charge is 0.121 e. The van der Waals surface area contributed by atoms with Crippen molar-refractivity contribution in [1.82, 2.24) is 5.32 Å². The lowest BCUT2D eigenvalue weighted by atomic mass is 10.1. The summed E-state index contributed by atoms with van der Waals surface area (Å²) in [6, 6.07) is 12.2. The molecule has 0 spiro atoms. The molecule has 0 amide bonds. The molecule has 0 heterocycles. The molecule has 0 radical (unpaired) electrons. The summed E-state index contributed by atoms with van der Waals surface area (Å²) in [7, 11) is 0. The number of phenols is 1. The molecule has 2 N–H and O–H groups in total. The van der Waals surface area contributed by atoms with E-state index in [1.807, 2.05) is 44.2 Å². The minimum atomic E-state index is 0.398. The molecule has 0 bridgehead atoms. The third-order valence-electron chi connectivity index (χ3n) is 3.15. The summed E-state index contributed by atoms with van der Waals surface area (Å²) < 4.78 is 1.13. The average molecular weight is 320 g/mol. The second-order valence-corrected chi connectivity index (χ2v) is 5.63. The SMILES string of the molecule is Cc1cc(CNCc2ccccc2Br)cc(C)c1O. The molecule has 0 unspecified atom stereocenters. The predicted octanol–water partition coefficient (Wildman–Crippen LogP) is 4.06. The van der Waals surface area contributed by atoms with Crippen LogP contribution < -0.4 is 5.32 Å². The van der Waals surface area contributed by atoms with Gasteiger partial charge in [-0.15, -0.1) is 0 Å². The molecule has 0 aliphatic carbocycles. The molecule has 0 atom stereocenters. The highest BCUT2D eigenvalue weighted by Gasteiger charge is 2.03. The number of hydrogen-bond acceptors (Lipinski definition) is 2. The molecule has 0 fully saturated rings. The Hall–Kier alpha value is -1.32. The van der Waals surface area contributed by atoms with Crippen LogP contribution in [-0.2, 0) is 13.1 Å². The molecule has 3 heteroatoms. The first-order chi connectivity index (χ1) is 9.08. The van der Waals surface area contributed by atoms with Gasteiger partial charge < -0.3 is 10.4 Å². The highest BCUT2D eigenvalue weighted by Crippen LogP contribution is 2.23. The van der Waals surface area contributed by atoms with E-state index in [1.165, 1.54) is 11.1 Å². The van der Waals surface area contributed by atoms with Crippen LogP contribution in [0.3, 0.4) is 0 Å². The zero-order valence-corrected chi connectivity index (χ0v) is 12.8. The molecule has 2 aromatic carbocycles. The third kappa shape index (κ3) is 3.58. The van der Waals surface area contributed by atoms with Gasteiger partial charge in [0.05, 0.1) is 0 Å². The number of halogens is 1. The Bertz CT molecular complexity index is 558. The van der Waals surface area contributed by atoms with E-state index in [0.29, 0.717) is 5.75 Å². The maximum atomic E-state index is 9.74. The van der Waals surface area contributed by atoms with Crippen molar-refractivity contribution in [3.05, 3.63) is 63.1 Å². The van der Waals surface area contributed by atoms with Crippen molar-refractivity contribution in [2.75, 3.05) is 0 Å². The van der Waals surface area contributed by atoms with Crippen molar-refractivity contribution in [3.63, 3.8) is 0 Å². The van der Waals surface area contributed by atoms with Crippen molar-refractivity contribution in [2.45, 2.75) is 26.9 Å². The minimum Gasteiger partial charge on any atom is -0.507 e. The average Bonchev–Trinajstić information content (AvgIpc) is 2.38. The van der Waals surface area contributed by atoms with Gasteiger partial charge in [0, 0.05) is 17.6 Å². The molecular weight excluding hydrogens is 302 g/mol. The van der Waals surface area contributed by atoms with E-state index in [1.54, 1.807) is 0 Å². The van der Waals surface area contributed by atoms with E-state index in [4.69, 9.17) is 0 Å². The Kier molecular flexibility index (Phi) is 4.61. The summed E-state index contributed by atoms with van der Waals surface area (Å²) in [5.74, 6) is 0.398. The standard InChI is InChI=1S/C16H18BrNO/c1-11-7-13(8-12(2)16(11)19)9-18-10-14-5-3-4-6-15(14)17/h3-8,18-19H,9-10H2,1-2H3. The monoisotopic (exact) mass is 319 g/mol. The minimum absolute atomic E-state index is 0.398. The number of phenolic OH excluding ortho intramolecular Hbond substituents is 1. The Morgan fingerprint density at radius 2 is 1.68 bits per heavy atom. The fourth-order valence-corrected chi connectivity index (χ4v) is 2.56. The van der Waals surface area contributed by atoms with Gasteiger partial charge in [-0.05, 0) is 42.2 Å². The van der Waals surface area contributed by atoms with Gasteiger partial charge in [0.2, 0.25) is 0 Å². The summed E-state index contributed by atoms with van der Waals surface area (Å²) >= 11 is 3.54. The maximum Gasteiger partial charge on any atom is 0.121 e. The largest absolute Gasteiger partial charge is 0.507 e. The van der Waals surface area contributed by atoms with Crippen LogP contribution in [0.1, 0.15) is 22.3 Å². The van der Waals surface area contributed by atoms with Crippen LogP contribution in [0.4, 0.5) is 0 Å². The van der Waals surface area contributed by atoms with Gasteiger partial charge >= 0.3 is 0 Å². The fourth-order valence-electron chi connectivity index (χ4n) is 2.13. The zero-order chi connectivity index (χ0) is 13.8. The number of rotatable bonds is 4. The Morgan fingerprint density at radius 1 is 1.05 bits per heavy atom. The first kappa shape index (κ1) is 14.1. The van der Waals surface area contributed by atoms with E-state index in [-0.39, 0.29) is 0 Å². The van der Waals surface area contributed by atoms with Crippen LogP contribution in [0.15, 0.2) is 40.9 Å². The lowest BCUT2D eigenvalue weighted by molar-refractivity contribution is 0.466. The van der Waals surface area contributed by atoms with Crippen LogP contribution in [0.5, 0.6) is 5.75 Å². The Balaban J connectivity index is 1.98. The van der Waals surface area contributed by atoms with Crippen LogP contribution in [0, 0.1) is 13.8 Å². The van der Waals surface area contributed by atoms with Crippen LogP contribution in [0.2, 0.25) is 0 Å². The molecule has 19 heavy (non-hydrogen) atoms. The lowest BCUT2D eigenvalue weighted by Gasteiger charge is -2.10. The molecule has 2 nitrogen and oxygen atoms in total. The summed E-state index contributed by atoms with van der Waals surface area (Å²) in [6.07, 6.45) is 0. The highest BCUT2D eigenvalue weighted by molar-refractivity contribution is 9.10. The summed E-state index contributed by atoms with van der Waals surface area (Å²) in [4.78, 5) is 0. The number of benzene rings is 2. The fraction of sp³-hybridized carbons (Fsp3) is 0.250. The molecule has 0 saturated carbocycles. The summed E-state index contributed by atoms with van der Waals surface area (Å²) in [5.41, 5.74) is 4.30. The highest BCUT2D eigenvalue weighted by atomic mass is 79.9. The molecule has 0 aromatic heterocycles. The first-order valence-electron chi connectivity index (χ1n) is 6.31. The van der Waals surface area contributed by atoms with Crippen LogP contribution in [-0.4, -0.2) is 5.11 Å². The quantitative estimate of drug-likeness (QED) is 0.890. The lowest BCUT2D eigenvalue weighted by Crippen LogP contribution is -2.13. The van der Waals surface area contributed by atoms with Gasteiger partial charge in [-0.25, -0.2) is 0 Å². The molecule has 0 aliphatic heterocycles. The van der Waals surface area contributed by atoms with Gasteiger partial charge in [0.25, 0.3) is 0 Å². The first-order valence-corrected chi connectivity index (χ1v) is 7.10. The van der Waals surface area contributed by atoms with Crippen LogP contribution in [0.25, 0.3) is 0 Å². The second-order valence-electron chi connectivity index (χ2n) is 4.77. The van der Waals surface area contributed by atoms with E-state index in [2.05, 4.69) is 27.3 Å². The topological polar surface area (TPSA) is 32.3 Å². The van der Waals surface area contributed by atoms with E-state index in [0.717, 1.165) is 28.7 Å². The van der Waals surface area contributed by atoms with Crippen molar-refractivity contribution >= 4 is 15.9 Å². The van der Waals surface area contributed by atoms with Crippen molar-refractivity contribution in [2.24, 2.45) is 0 Å². The predicted molar refractivity (Wildman–Crippen MR) is 82.3 cm³/mol. The van der Waals surface area contributed by atoms with Crippen molar-refractivity contribution in [1.29, 1.82) is 0 Å². The molecule has 2 aromatic rings. The van der Waals surface area contributed by atoms with Gasteiger partial charge in [-0.2, -0.15) is 0 Å². The maximum absolute atomic E-state index is 9.74. The number of aromatic hydroxyl groups is 1. The van der Waals surface area contributed by atoms with Crippen molar-refractivity contribution < 1.29 is 5.11 Å². The molecule has 100 valence electrons. The van der Waals surface area contributed by atoms with Gasteiger partial charge in [-0.3, -0.25) is 0 Å². The van der Waals surface area contributed by atoms with Gasteiger partial charge in [0.15, 0.2) is 0 Å². The van der Waals surface area contributed by atoms with Crippen molar-refractivity contribution in [3.8, 4) is 5.75 Å². The molecule has 2 rings (SSSR count). The Labute approximate surface area is 122 Å². The van der Waals surface area contributed by atoms with E-state index in [9.17, 15) is 5.11 Å². The molecule has 0 saturated heterocycles. The van der Waals surface area contributed by atoms with E-state index >= 15 is 0 Å². The summed E-state index contributed by atoms with van der Waals surface area (Å²) in [5, 5.41) is 13.2. The summed E-state index contributed by atoms with van der Waals surface area (Å²) in [6.45, 7) is 5.48. The van der Waals surface area contributed by atoms with Crippen LogP contribution >= 0.6 is 15.9 Å². The van der Waals surface area contributed by atoms with E-state index < -0.39 is 0 Å². The molecular formula is C16H18BrNO. The molecule has 0 aliphatic rings. The Morgan fingerprint density at radius 3 is 2.32 bits per heavy atom. The number of nitrogens with one attached hydrogen (secondary N) is 1. The van der Waals surface area contributed by atoms with Gasteiger partial charge in [0.1, 0.15) is 5.75 Å². The van der Waals surface area contributed by atoms with Gasteiger partial charge in [-0.1, -0.05) is 46.3 Å². The number of aryl methyl sites for hydroxylation is 2. The number of hydrogen-bond donors (Lipinski definition) is 2. The normalized spacial score (nSPS) is 10.7.